The van der Waals surface area contributed by atoms with E-state index in [9.17, 15) is 9.59 Å². The molecule has 1 aromatic carbocycles. The lowest BCUT2D eigenvalue weighted by Gasteiger charge is -2.34. The summed E-state index contributed by atoms with van der Waals surface area (Å²) in [6, 6.07) is 4.85. The molecule has 2 amide bonds. The van der Waals surface area contributed by atoms with Crippen LogP contribution in [0.25, 0.3) is 0 Å². The molecule has 8 nitrogen and oxygen atoms in total. The van der Waals surface area contributed by atoms with Gasteiger partial charge in [0, 0.05) is 20.1 Å². The van der Waals surface area contributed by atoms with Gasteiger partial charge in [-0.2, -0.15) is 0 Å². The summed E-state index contributed by atoms with van der Waals surface area (Å²) in [5.41, 5.74) is 6.05. The van der Waals surface area contributed by atoms with Crippen molar-refractivity contribution in [1.29, 1.82) is 0 Å². The monoisotopic (exact) mass is 494 g/mol. The number of hydrogen-bond donors (Lipinski definition) is 1. The van der Waals surface area contributed by atoms with Gasteiger partial charge in [0.2, 0.25) is 5.96 Å². The normalized spacial score (nSPS) is 15.2. The van der Waals surface area contributed by atoms with Crippen LogP contribution in [-0.2, 0) is 9.53 Å². The third-order valence-electron chi connectivity index (χ3n) is 5.89. The van der Waals surface area contributed by atoms with E-state index in [1.165, 1.54) is 23.3 Å². The molecule has 0 bridgehead atoms. The number of urea groups is 1. The molecular formula is C25H39ClN4O4. The number of esters is 1. The molecule has 0 aromatic heterocycles. The molecule has 0 heterocycles. The van der Waals surface area contributed by atoms with Crippen LogP contribution in [0.4, 0.5) is 10.5 Å². The van der Waals surface area contributed by atoms with Crippen molar-refractivity contribution in [2.45, 2.75) is 65.9 Å². The number of carbonyl (C=O) groups is 2. The van der Waals surface area contributed by atoms with Gasteiger partial charge < -0.3 is 20.1 Å². The van der Waals surface area contributed by atoms with Gasteiger partial charge in [0.1, 0.15) is 5.75 Å². The summed E-state index contributed by atoms with van der Waals surface area (Å²) in [4.78, 5) is 33.1. The summed E-state index contributed by atoms with van der Waals surface area (Å²) in [5.74, 6) is 0.617. The molecule has 2 N–H and O–H groups in total. The smallest absolute Gasteiger partial charge is 0.326 e. The number of ether oxygens (including phenoxy) is 2. The van der Waals surface area contributed by atoms with Crippen LogP contribution in [0.3, 0.4) is 0 Å². The third kappa shape index (κ3) is 7.79. The SMILES string of the molecule is COC(=O)C(C)(C)CN(C)C(=O)N(CC1CCCCC1)C(N)=Nc1ccc(OC(C)C)c(Cl)c1. The zero-order chi connectivity index (χ0) is 25.5. The lowest BCUT2D eigenvalue weighted by Crippen LogP contribution is -2.52. The Morgan fingerprint density at radius 3 is 2.44 bits per heavy atom. The van der Waals surface area contributed by atoms with Crippen molar-refractivity contribution in [2.24, 2.45) is 22.1 Å². The number of aliphatic imine (C=N–C) groups is 1. The lowest BCUT2D eigenvalue weighted by molar-refractivity contribution is -0.151. The molecule has 0 atom stereocenters. The summed E-state index contributed by atoms with van der Waals surface area (Å²) in [7, 11) is 3.00. The van der Waals surface area contributed by atoms with Gasteiger partial charge in [-0.1, -0.05) is 30.9 Å². The van der Waals surface area contributed by atoms with Crippen LogP contribution in [0.2, 0.25) is 5.02 Å². The van der Waals surface area contributed by atoms with Gasteiger partial charge in [-0.05, 0) is 64.7 Å². The van der Waals surface area contributed by atoms with Crippen molar-refractivity contribution < 1.29 is 19.1 Å². The number of amides is 2. The average molecular weight is 495 g/mol. The molecule has 1 saturated carbocycles. The van der Waals surface area contributed by atoms with Crippen LogP contribution in [0.1, 0.15) is 59.8 Å². The van der Waals surface area contributed by atoms with Gasteiger partial charge in [0.25, 0.3) is 0 Å². The number of benzene rings is 1. The molecule has 0 spiro atoms. The van der Waals surface area contributed by atoms with Crippen molar-refractivity contribution in [3.8, 4) is 5.75 Å². The highest BCUT2D eigenvalue weighted by Gasteiger charge is 2.34. The highest BCUT2D eigenvalue weighted by molar-refractivity contribution is 6.32. The Kier molecular flexibility index (Phi) is 10.0. The highest BCUT2D eigenvalue weighted by atomic mass is 35.5. The van der Waals surface area contributed by atoms with Crippen LogP contribution in [0.5, 0.6) is 5.75 Å². The number of rotatable bonds is 8. The summed E-state index contributed by atoms with van der Waals surface area (Å²) in [6.07, 6.45) is 5.57. The van der Waals surface area contributed by atoms with Gasteiger partial charge in [-0.25, -0.2) is 9.79 Å². The quantitative estimate of drug-likeness (QED) is 0.304. The zero-order valence-electron chi connectivity index (χ0n) is 21.3. The minimum absolute atomic E-state index is 0.00898. The Balaban J connectivity index is 2.28. The van der Waals surface area contributed by atoms with E-state index in [0.717, 1.165) is 25.7 Å². The standard InChI is InChI=1S/C25H39ClN4O4/c1-17(2)34-21-13-12-19(14-20(21)26)28-23(27)30(15-18-10-8-7-9-11-18)24(32)29(5)16-25(3,4)22(31)33-6/h12-14,17-18H,7-11,15-16H2,1-6H3,(H2,27,28). The van der Waals surface area contributed by atoms with E-state index in [2.05, 4.69) is 4.99 Å². The molecule has 9 heteroatoms. The fourth-order valence-corrected chi connectivity index (χ4v) is 4.43. The molecule has 1 aromatic rings. The second kappa shape index (κ2) is 12.3. The van der Waals surface area contributed by atoms with Gasteiger partial charge in [0.05, 0.1) is 29.3 Å². The van der Waals surface area contributed by atoms with Gasteiger partial charge in [0.15, 0.2) is 0 Å². The number of nitrogens with two attached hydrogens (primary N) is 1. The summed E-state index contributed by atoms with van der Waals surface area (Å²) in [5, 5.41) is 0.421. The molecule has 34 heavy (non-hydrogen) atoms. The lowest BCUT2D eigenvalue weighted by atomic mass is 9.89. The predicted molar refractivity (Wildman–Crippen MR) is 136 cm³/mol. The molecule has 0 radical (unpaired) electrons. The Labute approximate surface area is 208 Å². The largest absolute Gasteiger partial charge is 0.489 e. The Morgan fingerprint density at radius 2 is 1.88 bits per heavy atom. The maximum Gasteiger partial charge on any atom is 0.326 e. The third-order valence-corrected chi connectivity index (χ3v) is 6.19. The minimum atomic E-state index is -0.860. The fourth-order valence-electron chi connectivity index (χ4n) is 4.21. The molecule has 1 aliphatic rings. The summed E-state index contributed by atoms with van der Waals surface area (Å²) in [6.45, 7) is 7.99. The van der Waals surface area contributed by atoms with E-state index < -0.39 is 5.41 Å². The average Bonchev–Trinajstić information content (AvgIpc) is 2.78. The van der Waals surface area contributed by atoms with Crippen molar-refractivity contribution in [1.82, 2.24) is 9.80 Å². The Hall–Kier alpha value is -2.48. The minimum Gasteiger partial charge on any atom is -0.489 e. The van der Waals surface area contributed by atoms with E-state index in [0.29, 0.717) is 28.9 Å². The van der Waals surface area contributed by atoms with Crippen molar-refractivity contribution in [2.75, 3.05) is 27.2 Å². The number of carbonyl (C=O) groups excluding carboxylic acids is 2. The van der Waals surface area contributed by atoms with Crippen LogP contribution in [-0.4, -0.2) is 61.1 Å². The predicted octanol–water partition coefficient (Wildman–Crippen LogP) is 5.21. The molecular weight excluding hydrogens is 456 g/mol. The first-order valence-corrected chi connectivity index (χ1v) is 12.2. The van der Waals surface area contributed by atoms with E-state index >= 15 is 0 Å². The molecule has 1 aliphatic carbocycles. The first-order valence-electron chi connectivity index (χ1n) is 11.9. The summed E-state index contributed by atoms with van der Waals surface area (Å²) < 4.78 is 10.6. The Morgan fingerprint density at radius 1 is 1.24 bits per heavy atom. The number of hydrogen-bond acceptors (Lipinski definition) is 5. The van der Waals surface area contributed by atoms with Crippen molar-refractivity contribution in [3.05, 3.63) is 23.2 Å². The molecule has 0 unspecified atom stereocenters. The number of halogens is 1. The maximum absolute atomic E-state index is 13.5. The van der Waals surface area contributed by atoms with E-state index in [1.807, 2.05) is 13.8 Å². The second-order valence-electron chi connectivity index (χ2n) is 9.88. The number of guanidine groups is 1. The molecule has 1 fully saturated rings. The maximum atomic E-state index is 13.5. The fraction of sp³-hybridized carbons (Fsp3) is 0.640. The van der Waals surface area contributed by atoms with Crippen molar-refractivity contribution in [3.63, 3.8) is 0 Å². The number of methoxy groups -OCH3 is 1. The first kappa shape index (κ1) is 27.8. The Bertz CT molecular complexity index is 882. The highest BCUT2D eigenvalue weighted by Crippen LogP contribution is 2.30. The van der Waals surface area contributed by atoms with E-state index in [-0.39, 0.29) is 30.6 Å². The van der Waals surface area contributed by atoms with Crippen LogP contribution in [0.15, 0.2) is 23.2 Å². The first-order chi connectivity index (χ1) is 15.9. The van der Waals surface area contributed by atoms with Gasteiger partial charge in [-0.3, -0.25) is 9.69 Å². The molecule has 2 rings (SSSR count). The number of nitrogens with zero attached hydrogens (tertiary/aromatic N) is 3. The van der Waals surface area contributed by atoms with Crippen molar-refractivity contribution >= 4 is 35.2 Å². The molecule has 190 valence electrons. The van der Waals surface area contributed by atoms with Crippen LogP contribution >= 0.6 is 11.6 Å². The van der Waals surface area contributed by atoms with E-state index in [4.69, 9.17) is 26.8 Å². The van der Waals surface area contributed by atoms with Crippen LogP contribution in [0, 0.1) is 11.3 Å². The zero-order valence-corrected chi connectivity index (χ0v) is 22.0. The van der Waals surface area contributed by atoms with E-state index in [1.54, 1.807) is 39.1 Å². The van der Waals surface area contributed by atoms with Gasteiger partial charge >= 0.3 is 12.0 Å². The topological polar surface area (TPSA) is 97.5 Å². The second-order valence-corrected chi connectivity index (χ2v) is 10.3. The summed E-state index contributed by atoms with van der Waals surface area (Å²) >= 11 is 6.35. The molecule has 0 aliphatic heterocycles. The van der Waals surface area contributed by atoms with Crippen LogP contribution < -0.4 is 10.5 Å². The molecule has 0 saturated heterocycles. The van der Waals surface area contributed by atoms with Gasteiger partial charge in [-0.15, -0.1) is 0 Å².